The molecule has 1 aromatic carbocycles. The maximum atomic E-state index is 10.2. The van der Waals surface area contributed by atoms with Gasteiger partial charge in [0.15, 0.2) is 0 Å². The number of benzene rings is 1. The summed E-state index contributed by atoms with van der Waals surface area (Å²) in [7, 11) is 0. The molecule has 0 radical (unpaired) electrons. The molecule has 1 heterocycles. The van der Waals surface area contributed by atoms with Crippen LogP contribution in [0.3, 0.4) is 0 Å². The Kier molecular flexibility index (Phi) is 2.08. The van der Waals surface area contributed by atoms with Crippen LogP contribution in [0, 0.1) is 0 Å². The van der Waals surface area contributed by atoms with Crippen LogP contribution in [-0.4, -0.2) is 15.5 Å². The van der Waals surface area contributed by atoms with Crippen LogP contribution in [0.2, 0.25) is 0 Å². The van der Waals surface area contributed by atoms with E-state index >= 15 is 0 Å². The number of aliphatic hydroxyl groups excluding tert-OH is 1. The van der Waals surface area contributed by atoms with Gasteiger partial charge in [0, 0.05) is 5.56 Å². The molecule has 1 saturated carbocycles. The summed E-state index contributed by atoms with van der Waals surface area (Å²) >= 11 is 3.58. The van der Waals surface area contributed by atoms with Gasteiger partial charge in [-0.25, -0.2) is 0 Å². The molecule has 1 fully saturated rings. The lowest BCUT2D eigenvalue weighted by molar-refractivity contribution is -0.0567. The van der Waals surface area contributed by atoms with Gasteiger partial charge in [0.2, 0.25) is 0 Å². The molecule has 1 aliphatic heterocycles. The SMILES string of the molecule is O[C@@H]1c2ccccc2OC2(CCC2)[C@H]1Br. The topological polar surface area (TPSA) is 29.5 Å². The molecule has 0 amide bonds. The molecule has 80 valence electrons. The second-order valence-corrected chi connectivity index (χ2v) is 5.39. The average molecular weight is 269 g/mol. The highest BCUT2D eigenvalue weighted by Gasteiger charge is 2.52. The highest BCUT2D eigenvalue weighted by molar-refractivity contribution is 9.09. The van der Waals surface area contributed by atoms with E-state index in [1.54, 1.807) is 0 Å². The molecule has 2 aliphatic rings. The minimum atomic E-state index is -0.449. The molecule has 3 rings (SSSR count). The van der Waals surface area contributed by atoms with Crippen molar-refractivity contribution in [1.82, 2.24) is 0 Å². The summed E-state index contributed by atoms with van der Waals surface area (Å²) < 4.78 is 6.03. The standard InChI is InChI=1S/C12H13BrO2/c13-11-10(14)8-4-1-2-5-9(8)15-12(11)6-3-7-12/h1-2,4-5,10-11,14H,3,6-7H2/t10-,11+/m1/s1. The fourth-order valence-electron chi connectivity index (χ4n) is 2.44. The van der Waals surface area contributed by atoms with Crippen molar-refractivity contribution in [2.45, 2.75) is 35.8 Å². The van der Waals surface area contributed by atoms with E-state index in [4.69, 9.17) is 4.74 Å². The molecule has 1 aliphatic carbocycles. The molecule has 2 atom stereocenters. The van der Waals surface area contributed by atoms with Crippen molar-refractivity contribution in [3.63, 3.8) is 0 Å². The lowest BCUT2D eigenvalue weighted by Gasteiger charge is -2.50. The fraction of sp³-hybridized carbons (Fsp3) is 0.500. The molecule has 0 aromatic heterocycles. The van der Waals surface area contributed by atoms with E-state index in [0.717, 1.165) is 24.2 Å². The first-order valence-corrected chi connectivity index (χ1v) is 6.25. The number of fused-ring (bicyclic) bond motifs is 1. The first kappa shape index (κ1) is 9.67. The molecule has 3 heteroatoms. The number of rotatable bonds is 0. The van der Waals surface area contributed by atoms with Crippen molar-refractivity contribution in [2.24, 2.45) is 0 Å². The molecule has 2 nitrogen and oxygen atoms in total. The van der Waals surface area contributed by atoms with E-state index in [-0.39, 0.29) is 10.4 Å². The predicted octanol–water partition coefficient (Wildman–Crippen LogP) is 2.80. The molecule has 0 unspecified atom stereocenters. The van der Waals surface area contributed by atoms with Gasteiger partial charge >= 0.3 is 0 Å². The molecule has 0 saturated heterocycles. The Morgan fingerprint density at radius 1 is 1.33 bits per heavy atom. The number of ether oxygens (including phenoxy) is 1. The summed E-state index contributed by atoms with van der Waals surface area (Å²) in [5, 5.41) is 10.2. The van der Waals surface area contributed by atoms with E-state index in [9.17, 15) is 5.11 Å². The third kappa shape index (κ3) is 1.26. The highest BCUT2D eigenvalue weighted by Crippen LogP contribution is 2.51. The van der Waals surface area contributed by atoms with Crippen molar-refractivity contribution in [3.05, 3.63) is 29.8 Å². The van der Waals surface area contributed by atoms with Gasteiger partial charge in [-0.15, -0.1) is 0 Å². The van der Waals surface area contributed by atoms with Crippen molar-refractivity contribution >= 4 is 15.9 Å². The summed E-state index contributed by atoms with van der Waals surface area (Å²) in [5.74, 6) is 0.848. The lowest BCUT2D eigenvalue weighted by Crippen LogP contribution is -2.55. The summed E-state index contributed by atoms with van der Waals surface area (Å²) in [6.07, 6.45) is 2.81. The Balaban J connectivity index is 2.05. The molecular formula is C12H13BrO2. The number of para-hydroxylation sites is 1. The van der Waals surface area contributed by atoms with Gasteiger partial charge in [-0.2, -0.15) is 0 Å². The van der Waals surface area contributed by atoms with E-state index in [1.165, 1.54) is 6.42 Å². The van der Waals surface area contributed by atoms with Crippen molar-refractivity contribution in [3.8, 4) is 5.75 Å². The van der Waals surface area contributed by atoms with E-state index in [1.807, 2.05) is 24.3 Å². The Morgan fingerprint density at radius 3 is 2.73 bits per heavy atom. The van der Waals surface area contributed by atoms with Gasteiger partial charge in [0.05, 0.1) is 10.9 Å². The van der Waals surface area contributed by atoms with Crippen LogP contribution >= 0.6 is 15.9 Å². The van der Waals surface area contributed by atoms with Crippen LogP contribution in [0.15, 0.2) is 24.3 Å². The zero-order valence-electron chi connectivity index (χ0n) is 8.32. The molecule has 15 heavy (non-hydrogen) atoms. The number of hydrogen-bond donors (Lipinski definition) is 1. The van der Waals surface area contributed by atoms with Gasteiger partial charge in [0.1, 0.15) is 11.4 Å². The smallest absolute Gasteiger partial charge is 0.126 e. The Bertz CT molecular complexity index is 387. The van der Waals surface area contributed by atoms with Gasteiger partial charge < -0.3 is 9.84 Å². The molecule has 1 spiro atoms. The Hall–Kier alpha value is -0.540. The quantitative estimate of drug-likeness (QED) is 0.734. The maximum Gasteiger partial charge on any atom is 0.126 e. The predicted molar refractivity (Wildman–Crippen MR) is 61.3 cm³/mol. The third-order valence-electron chi connectivity index (χ3n) is 3.53. The number of aliphatic hydroxyl groups is 1. The van der Waals surface area contributed by atoms with Crippen LogP contribution in [0.5, 0.6) is 5.75 Å². The first-order chi connectivity index (χ1) is 7.23. The Labute approximate surface area is 97.4 Å². The largest absolute Gasteiger partial charge is 0.486 e. The second-order valence-electron chi connectivity index (χ2n) is 4.40. The molecule has 1 N–H and O–H groups in total. The van der Waals surface area contributed by atoms with Crippen LogP contribution in [0.4, 0.5) is 0 Å². The summed E-state index contributed by atoms with van der Waals surface area (Å²) in [6.45, 7) is 0. The van der Waals surface area contributed by atoms with Gasteiger partial charge in [-0.05, 0) is 25.3 Å². The minimum absolute atomic E-state index is 0.0219. The third-order valence-corrected chi connectivity index (χ3v) is 4.87. The number of hydrogen-bond acceptors (Lipinski definition) is 2. The molecular weight excluding hydrogens is 256 g/mol. The summed E-state index contributed by atoms with van der Waals surface area (Å²) in [6, 6.07) is 7.76. The van der Waals surface area contributed by atoms with Gasteiger partial charge in [0.25, 0.3) is 0 Å². The fourth-order valence-corrected chi connectivity index (χ4v) is 3.28. The average Bonchev–Trinajstić information content (AvgIpc) is 2.21. The monoisotopic (exact) mass is 268 g/mol. The summed E-state index contributed by atoms with van der Waals surface area (Å²) in [5.41, 5.74) is 0.741. The lowest BCUT2D eigenvalue weighted by atomic mass is 9.73. The highest BCUT2D eigenvalue weighted by atomic mass is 79.9. The van der Waals surface area contributed by atoms with Crippen molar-refractivity contribution in [2.75, 3.05) is 0 Å². The van der Waals surface area contributed by atoms with Crippen LogP contribution in [0.1, 0.15) is 30.9 Å². The maximum absolute atomic E-state index is 10.2. The zero-order valence-corrected chi connectivity index (χ0v) is 9.90. The van der Waals surface area contributed by atoms with E-state index < -0.39 is 6.10 Å². The van der Waals surface area contributed by atoms with E-state index in [2.05, 4.69) is 15.9 Å². The van der Waals surface area contributed by atoms with Crippen LogP contribution in [-0.2, 0) is 0 Å². The van der Waals surface area contributed by atoms with Crippen LogP contribution in [0.25, 0.3) is 0 Å². The number of halogens is 1. The molecule has 1 aromatic rings. The van der Waals surface area contributed by atoms with Crippen molar-refractivity contribution in [1.29, 1.82) is 0 Å². The second kappa shape index (κ2) is 3.22. The van der Waals surface area contributed by atoms with Crippen LogP contribution < -0.4 is 4.74 Å². The molecule has 0 bridgehead atoms. The first-order valence-electron chi connectivity index (χ1n) is 5.33. The number of alkyl halides is 1. The van der Waals surface area contributed by atoms with Gasteiger partial charge in [-0.3, -0.25) is 0 Å². The van der Waals surface area contributed by atoms with Gasteiger partial charge in [-0.1, -0.05) is 34.1 Å². The zero-order chi connectivity index (χ0) is 10.5. The summed E-state index contributed by atoms with van der Waals surface area (Å²) in [4.78, 5) is 0.0219. The minimum Gasteiger partial charge on any atom is -0.486 e. The Morgan fingerprint density at radius 2 is 2.07 bits per heavy atom. The van der Waals surface area contributed by atoms with E-state index in [0.29, 0.717) is 0 Å². The normalized spacial score (nSPS) is 31.6. The van der Waals surface area contributed by atoms with Crippen molar-refractivity contribution < 1.29 is 9.84 Å².